The summed E-state index contributed by atoms with van der Waals surface area (Å²) in [7, 11) is 0. The predicted octanol–water partition coefficient (Wildman–Crippen LogP) is 6.78. The van der Waals surface area contributed by atoms with Gasteiger partial charge in [-0.3, -0.25) is 4.79 Å². The third kappa shape index (κ3) is 21.7. The molecule has 5 N–H and O–H groups in total. The molecule has 0 aliphatic rings. The third-order valence-electron chi connectivity index (χ3n) is 8.15. The van der Waals surface area contributed by atoms with Gasteiger partial charge >= 0.3 is 24.4 Å². The summed E-state index contributed by atoms with van der Waals surface area (Å²) in [4.78, 5) is 35.4. The van der Waals surface area contributed by atoms with Gasteiger partial charge in [-0.15, -0.1) is 0 Å². The number of alkyl halides is 6. The first kappa shape index (κ1) is 52.2. The first-order valence-electron chi connectivity index (χ1n) is 18.2. The van der Waals surface area contributed by atoms with Gasteiger partial charge in [0, 0.05) is 12.6 Å². The number of carboxylic acid groups (broad SMARTS) is 1. The number of aliphatic hydroxyl groups is 1. The van der Waals surface area contributed by atoms with Gasteiger partial charge in [0.2, 0.25) is 5.91 Å². The summed E-state index contributed by atoms with van der Waals surface area (Å²) in [6, 6.07) is 14.4. The van der Waals surface area contributed by atoms with E-state index in [0.717, 1.165) is 55.5 Å². The quantitative estimate of drug-likeness (QED) is 0.0605. The molecule has 0 saturated carbocycles. The molecular formula is C39H47F8N3O8S. The summed E-state index contributed by atoms with van der Waals surface area (Å²) >= 11 is 2.83. The molecule has 0 aliphatic carbocycles. The average Bonchev–Trinajstić information content (AvgIpc) is 3.17. The summed E-state index contributed by atoms with van der Waals surface area (Å²) in [5.74, 6) is -5.16. The Morgan fingerprint density at radius 2 is 1.37 bits per heavy atom. The second-order valence-corrected chi connectivity index (χ2v) is 12.9. The standard InChI is InChI=1S/C37H46F5N3O5.C2HF3O2.OS/c1-3-9-31(10-4-2)49-24-33(45-36(48)50-23-26-11-6-5-7-12-26)35(47)44-32(20-27-18-29(38)21-30(39)19-27)34(46)22-43-16-15-25-13-8-14-28(17-25)37(40,41)42;3-2(4,5)1(6)7;1-2/h5-8,11-14,17-19,21,31-34,43,46H,3-4,9-10,15-16,20,22-24H2,1-2H3,(H,44,47)(H,45,48);(H,6,7);/t32-,33?,34+;;/m0../s1. The van der Waals surface area contributed by atoms with E-state index in [2.05, 4.69) is 28.5 Å². The zero-order chi connectivity index (χ0) is 44.6. The topological polar surface area (TPSA) is 163 Å². The average molecular weight is 870 g/mol. The highest BCUT2D eigenvalue weighted by Crippen LogP contribution is 2.29. The Morgan fingerprint density at radius 1 is 0.797 bits per heavy atom. The van der Waals surface area contributed by atoms with Crippen molar-refractivity contribution in [1.29, 1.82) is 0 Å². The van der Waals surface area contributed by atoms with Crippen LogP contribution in [0, 0.1) is 11.6 Å². The Balaban J connectivity index is 0.00000174. The molecule has 0 fully saturated rings. The molecule has 0 aromatic heterocycles. The summed E-state index contributed by atoms with van der Waals surface area (Å²) in [5, 5.41) is 26.5. The Morgan fingerprint density at radius 3 is 1.92 bits per heavy atom. The van der Waals surface area contributed by atoms with E-state index in [0.29, 0.717) is 11.6 Å². The van der Waals surface area contributed by atoms with Crippen LogP contribution in [0.1, 0.15) is 61.8 Å². The molecule has 3 aromatic carbocycles. The van der Waals surface area contributed by atoms with Crippen LogP contribution in [0.3, 0.4) is 0 Å². The molecule has 0 aliphatic heterocycles. The zero-order valence-corrected chi connectivity index (χ0v) is 32.9. The number of hydrogen-bond donors (Lipinski definition) is 5. The maximum Gasteiger partial charge on any atom is 0.490 e. The van der Waals surface area contributed by atoms with Gasteiger partial charge < -0.3 is 35.6 Å². The molecule has 2 amide bonds. The van der Waals surface area contributed by atoms with Crippen LogP contribution < -0.4 is 16.0 Å². The molecule has 59 heavy (non-hydrogen) atoms. The van der Waals surface area contributed by atoms with E-state index < -0.39 is 65.7 Å². The molecule has 3 aromatic rings. The number of aliphatic carboxylic acids is 1. The number of nitrogens with one attached hydrogen (secondary N) is 3. The molecule has 0 saturated heterocycles. The lowest BCUT2D eigenvalue weighted by Gasteiger charge is -2.28. The smallest absolute Gasteiger partial charge is 0.475 e. The zero-order valence-electron chi connectivity index (χ0n) is 32.1. The van der Waals surface area contributed by atoms with Crippen molar-refractivity contribution in [3.63, 3.8) is 0 Å². The van der Waals surface area contributed by atoms with Gasteiger partial charge in [0.1, 0.15) is 24.3 Å². The number of ether oxygens (including phenoxy) is 2. The van der Waals surface area contributed by atoms with Gasteiger partial charge in [0.25, 0.3) is 0 Å². The predicted molar refractivity (Wildman–Crippen MR) is 201 cm³/mol. The Kier molecular flexibility index (Phi) is 24.0. The number of rotatable bonds is 20. The highest BCUT2D eigenvalue weighted by Gasteiger charge is 2.38. The number of carbonyl (C=O) groups excluding carboxylic acids is 2. The SMILES string of the molecule is CCCC(CCC)OCC(NC(=O)OCc1ccccc1)C(=O)N[C@@H](Cc1cc(F)cc(F)c1)[C@H](O)CNCCc1cccc(C(F)(F)F)c1.O=C(O)C(F)(F)F.O=S. The maximum atomic E-state index is 14.1. The Hall–Kier alpha value is -4.79. The lowest BCUT2D eigenvalue weighted by atomic mass is 10.00. The van der Waals surface area contributed by atoms with E-state index in [-0.39, 0.29) is 50.8 Å². The monoisotopic (exact) mass is 869 g/mol. The van der Waals surface area contributed by atoms with Crippen LogP contribution in [0.25, 0.3) is 0 Å². The number of carboxylic acids is 1. The van der Waals surface area contributed by atoms with E-state index in [9.17, 15) is 49.8 Å². The normalized spacial score (nSPS) is 12.8. The molecule has 3 rings (SSSR count). The lowest BCUT2D eigenvalue weighted by molar-refractivity contribution is -0.192. The second-order valence-electron chi connectivity index (χ2n) is 12.9. The molecule has 0 bridgehead atoms. The molecule has 0 heterocycles. The first-order valence-corrected chi connectivity index (χ1v) is 18.5. The number of aliphatic hydroxyl groups excluding tert-OH is 1. The first-order chi connectivity index (χ1) is 27.8. The molecule has 1 unspecified atom stereocenters. The van der Waals surface area contributed by atoms with Crippen molar-refractivity contribution in [2.24, 2.45) is 0 Å². The molecule has 3 atom stereocenters. The summed E-state index contributed by atoms with van der Waals surface area (Å²) in [6.45, 7) is 3.83. The minimum atomic E-state index is -5.08. The van der Waals surface area contributed by atoms with Crippen LogP contribution in [0.15, 0.2) is 72.8 Å². The summed E-state index contributed by atoms with van der Waals surface area (Å²) in [5.41, 5.74) is 0.549. The lowest BCUT2D eigenvalue weighted by Crippen LogP contribution is -2.56. The fourth-order valence-corrected chi connectivity index (χ4v) is 5.35. The van der Waals surface area contributed by atoms with Crippen LogP contribution in [0.4, 0.5) is 39.9 Å². The van der Waals surface area contributed by atoms with Gasteiger partial charge in [0.05, 0.1) is 30.4 Å². The van der Waals surface area contributed by atoms with Crippen molar-refractivity contribution in [1.82, 2.24) is 16.0 Å². The van der Waals surface area contributed by atoms with Crippen LogP contribution in [0.5, 0.6) is 0 Å². The Bertz CT molecular complexity index is 1680. The number of halogens is 8. The van der Waals surface area contributed by atoms with Crippen molar-refractivity contribution in [3.8, 4) is 0 Å². The van der Waals surface area contributed by atoms with Crippen LogP contribution in [0.2, 0.25) is 0 Å². The highest BCUT2D eigenvalue weighted by atomic mass is 32.1. The van der Waals surface area contributed by atoms with Crippen molar-refractivity contribution < 1.29 is 73.4 Å². The number of alkyl carbamates (subject to hydrolysis) is 1. The van der Waals surface area contributed by atoms with Gasteiger partial charge in [-0.25, -0.2) is 18.4 Å². The third-order valence-corrected chi connectivity index (χ3v) is 8.15. The number of carbonyl (C=O) groups is 3. The second kappa shape index (κ2) is 27.1. The van der Waals surface area contributed by atoms with Crippen molar-refractivity contribution in [2.45, 2.75) is 95.6 Å². The number of hydrogen-bond acceptors (Lipinski definition) is 9. The van der Waals surface area contributed by atoms with Crippen LogP contribution >= 0.6 is 0 Å². The molecule has 11 nitrogen and oxygen atoms in total. The Labute approximate surface area is 341 Å². The van der Waals surface area contributed by atoms with E-state index >= 15 is 0 Å². The van der Waals surface area contributed by atoms with E-state index in [1.807, 2.05) is 19.9 Å². The van der Waals surface area contributed by atoms with Crippen molar-refractivity contribution >= 4 is 30.5 Å². The van der Waals surface area contributed by atoms with Crippen LogP contribution in [-0.4, -0.2) is 82.6 Å². The van der Waals surface area contributed by atoms with Crippen LogP contribution in [-0.2, 0) is 57.2 Å². The fraction of sp³-hybridized carbons (Fsp3) is 0.462. The van der Waals surface area contributed by atoms with Gasteiger partial charge in [-0.1, -0.05) is 75.2 Å². The van der Waals surface area contributed by atoms with E-state index in [1.54, 1.807) is 30.3 Å². The van der Waals surface area contributed by atoms with Gasteiger partial charge in [-0.2, -0.15) is 30.6 Å². The van der Waals surface area contributed by atoms with E-state index in [1.165, 1.54) is 6.07 Å². The number of benzene rings is 3. The highest BCUT2D eigenvalue weighted by molar-refractivity contribution is 7.44. The van der Waals surface area contributed by atoms with E-state index in [4.69, 9.17) is 23.6 Å². The fourth-order valence-electron chi connectivity index (χ4n) is 5.35. The van der Waals surface area contributed by atoms with Gasteiger partial charge in [0.15, 0.2) is 12.5 Å². The molecule has 328 valence electrons. The molecule has 0 spiro atoms. The number of amides is 2. The summed E-state index contributed by atoms with van der Waals surface area (Å²) < 4.78 is 118. The van der Waals surface area contributed by atoms with Crippen molar-refractivity contribution in [2.75, 3.05) is 19.7 Å². The molecule has 20 heteroatoms. The summed E-state index contributed by atoms with van der Waals surface area (Å²) in [6.07, 6.45) is -8.73. The van der Waals surface area contributed by atoms with Crippen molar-refractivity contribution in [3.05, 3.63) is 107 Å². The maximum absolute atomic E-state index is 14.1. The minimum Gasteiger partial charge on any atom is -0.475 e. The largest absolute Gasteiger partial charge is 0.490 e. The minimum absolute atomic E-state index is 0.0468. The molecular weight excluding hydrogens is 822 g/mol. The molecule has 0 radical (unpaired) electrons. The van der Waals surface area contributed by atoms with Gasteiger partial charge in [-0.05, 0) is 67.1 Å².